The Morgan fingerprint density at radius 3 is 2.82 bits per heavy atom. The fourth-order valence-electron chi connectivity index (χ4n) is 1.87. The average molecular weight is 257 g/mol. The maximum atomic E-state index is 9.22. The van der Waals surface area contributed by atoms with Gasteiger partial charge in [-0.05, 0) is 19.6 Å². The van der Waals surface area contributed by atoms with E-state index < -0.39 is 0 Å². The van der Waals surface area contributed by atoms with Gasteiger partial charge in [-0.3, -0.25) is 4.68 Å². The number of aryl methyl sites for hydroxylation is 2. The van der Waals surface area contributed by atoms with Gasteiger partial charge in [-0.25, -0.2) is 0 Å². The Bertz CT molecular complexity index is 336. The standard InChI is InChI=1S/C12H23N3OS/c1-5-11-10(7-15(3)14-11)6-13-9(2)12(8-16)17-4/h7,9,12-13,16H,5-6,8H2,1-4H3. The van der Waals surface area contributed by atoms with Crippen molar-refractivity contribution in [3.63, 3.8) is 0 Å². The van der Waals surface area contributed by atoms with Crippen molar-refractivity contribution in [3.8, 4) is 0 Å². The zero-order valence-corrected chi connectivity index (χ0v) is 11.9. The monoisotopic (exact) mass is 257 g/mol. The van der Waals surface area contributed by atoms with Crippen LogP contribution < -0.4 is 5.32 Å². The molecule has 0 radical (unpaired) electrons. The third kappa shape index (κ3) is 4.01. The summed E-state index contributed by atoms with van der Waals surface area (Å²) in [5.74, 6) is 0. The van der Waals surface area contributed by atoms with Crippen LogP contribution in [-0.4, -0.2) is 39.0 Å². The normalized spacial score (nSPS) is 14.9. The number of nitrogens with one attached hydrogen (secondary N) is 1. The molecule has 0 aromatic carbocycles. The minimum atomic E-state index is 0.211. The van der Waals surface area contributed by atoms with Crippen molar-refractivity contribution in [2.75, 3.05) is 12.9 Å². The van der Waals surface area contributed by atoms with E-state index in [4.69, 9.17) is 0 Å². The van der Waals surface area contributed by atoms with Crippen LogP contribution in [-0.2, 0) is 20.0 Å². The van der Waals surface area contributed by atoms with Crippen LogP contribution in [0.3, 0.4) is 0 Å². The first-order chi connectivity index (χ1) is 8.12. The van der Waals surface area contributed by atoms with Crippen LogP contribution in [0.1, 0.15) is 25.1 Å². The van der Waals surface area contributed by atoms with Gasteiger partial charge < -0.3 is 10.4 Å². The van der Waals surface area contributed by atoms with Gasteiger partial charge in [0, 0.05) is 36.6 Å². The molecule has 1 heterocycles. The van der Waals surface area contributed by atoms with Crippen molar-refractivity contribution >= 4 is 11.8 Å². The molecular formula is C12H23N3OS. The third-order valence-electron chi connectivity index (χ3n) is 2.98. The Morgan fingerprint density at radius 1 is 1.59 bits per heavy atom. The van der Waals surface area contributed by atoms with Gasteiger partial charge in [0.1, 0.15) is 0 Å². The summed E-state index contributed by atoms with van der Waals surface area (Å²) in [5.41, 5.74) is 2.40. The molecule has 17 heavy (non-hydrogen) atoms. The van der Waals surface area contributed by atoms with Crippen LogP contribution in [0.2, 0.25) is 0 Å². The van der Waals surface area contributed by atoms with Crippen molar-refractivity contribution in [2.24, 2.45) is 7.05 Å². The van der Waals surface area contributed by atoms with Gasteiger partial charge in [0.25, 0.3) is 0 Å². The molecule has 1 aromatic rings. The number of thioether (sulfide) groups is 1. The van der Waals surface area contributed by atoms with Gasteiger partial charge in [0.05, 0.1) is 12.3 Å². The zero-order chi connectivity index (χ0) is 12.8. The predicted molar refractivity (Wildman–Crippen MR) is 73.3 cm³/mol. The van der Waals surface area contributed by atoms with Crippen molar-refractivity contribution in [1.82, 2.24) is 15.1 Å². The second-order valence-corrected chi connectivity index (χ2v) is 5.33. The van der Waals surface area contributed by atoms with Crippen molar-refractivity contribution in [1.29, 1.82) is 0 Å². The van der Waals surface area contributed by atoms with E-state index in [-0.39, 0.29) is 11.9 Å². The van der Waals surface area contributed by atoms with E-state index in [0.717, 1.165) is 18.7 Å². The molecule has 1 rings (SSSR count). The number of aliphatic hydroxyl groups is 1. The molecule has 1 aromatic heterocycles. The van der Waals surface area contributed by atoms with E-state index in [1.165, 1.54) is 5.56 Å². The fraction of sp³-hybridized carbons (Fsp3) is 0.750. The summed E-state index contributed by atoms with van der Waals surface area (Å²) in [6, 6.07) is 0.292. The predicted octanol–water partition coefficient (Wildman–Crippen LogP) is 1.18. The van der Waals surface area contributed by atoms with Crippen LogP contribution in [0.15, 0.2) is 6.20 Å². The van der Waals surface area contributed by atoms with E-state index in [2.05, 4.69) is 30.5 Å². The van der Waals surface area contributed by atoms with E-state index in [1.54, 1.807) is 11.8 Å². The highest BCUT2D eigenvalue weighted by Crippen LogP contribution is 2.12. The molecule has 2 atom stereocenters. The topological polar surface area (TPSA) is 50.1 Å². The molecular weight excluding hydrogens is 234 g/mol. The lowest BCUT2D eigenvalue weighted by Gasteiger charge is -2.21. The van der Waals surface area contributed by atoms with Gasteiger partial charge in [-0.15, -0.1) is 0 Å². The van der Waals surface area contributed by atoms with Crippen LogP contribution in [0.25, 0.3) is 0 Å². The molecule has 2 N–H and O–H groups in total. The molecule has 0 fully saturated rings. The Morgan fingerprint density at radius 2 is 2.29 bits per heavy atom. The van der Waals surface area contributed by atoms with E-state index >= 15 is 0 Å². The van der Waals surface area contributed by atoms with Crippen molar-refractivity contribution < 1.29 is 5.11 Å². The van der Waals surface area contributed by atoms with Gasteiger partial charge in [0.15, 0.2) is 0 Å². The average Bonchev–Trinajstić information content (AvgIpc) is 2.68. The summed E-state index contributed by atoms with van der Waals surface area (Å²) in [5, 5.41) is 17.3. The Labute approximate surface area is 108 Å². The van der Waals surface area contributed by atoms with E-state index in [1.807, 2.05) is 18.0 Å². The molecule has 0 aliphatic rings. The van der Waals surface area contributed by atoms with Crippen LogP contribution in [0.5, 0.6) is 0 Å². The molecule has 0 saturated carbocycles. The van der Waals surface area contributed by atoms with Gasteiger partial charge in [-0.2, -0.15) is 16.9 Å². The maximum absolute atomic E-state index is 9.22. The largest absolute Gasteiger partial charge is 0.395 e. The number of nitrogens with zero attached hydrogens (tertiary/aromatic N) is 2. The molecule has 5 heteroatoms. The summed E-state index contributed by atoms with van der Waals surface area (Å²) in [6.45, 7) is 5.26. The molecule has 0 spiro atoms. The SMILES string of the molecule is CCc1nn(C)cc1CNC(C)C(CO)SC. The van der Waals surface area contributed by atoms with Gasteiger partial charge in [-0.1, -0.05) is 6.92 Å². The van der Waals surface area contributed by atoms with E-state index in [0.29, 0.717) is 6.04 Å². The molecule has 0 aliphatic heterocycles. The highest BCUT2D eigenvalue weighted by atomic mass is 32.2. The van der Waals surface area contributed by atoms with Crippen molar-refractivity contribution in [3.05, 3.63) is 17.5 Å². The molecule has 0 amide bonds. The molecule has 4 nitrogen and oxygen atoms in total. The van der Waals surface area contributed by atoms with Crippen molar-refractivity contribution in [2.45, 2.75) is 38.1 Å². The smallest absolute Gasteiger partial charge is 0.0666 e. The number of rotatable bonds is 7. The maximum Gasteiger partial charge on any atom is 0.0666 e. The lowest BCUT2D eigenvalue weighted by molar-refractivity contribution is 0.276. The minimum Gasteiger partial charge on any atom is -0.395 e. The minimum absolute atomic E-state index is 0.211. The molecule has 0 aliphatic carbocycles. The highest BCUT2D eigenvalue weighted by molar-refractivity contribution is 7.99. The van der Waals surface area contributed by atoms with Gasteiger partial charge >= 0.3 is 0 Å². The van der Waals surface area contributed by atoms with Crippen LogP contribution in [0.4, 0.5) is 0 Å². The number of aromatic nitrogens is 2. The Hall–Kier alpha value is -0.520. The number of aliphatic hydroxyl groups excluding tert-OH is 1. The lowest BCUT2D eigenvalue weighted by atomic mass is 10.2. The molecule has 2 unspecified atom stereocenters. The third-order valence-corrected chi connectivity index (χ3v) is 4.14. The quantitative estimate of drug-likeness (QED) is 0.770. The highest BCUT2D eigenvalue weighted by Gasteiger charge is 2.15. The molecule has 0 saturated heterocycles. The van der Waals surface area contributed by atoms with Crippen LogP contribution >= 0.6 is 11.8 Å². The first-order valence-corrected chi connectivity index (χ1v) is 7.29. The second kappa shape index (κ2) is 7.03. The summed E-state index contributed by atoms with van der Waals surface area (Å²) < 4.78 is 1.86. The summed E-state index contributed by atoms with van der Waals surface area (Å²) >= 11 is 1.69. The summed E-state index contributed by atoms with van der Waals surface area (Å²) in [6.07, 6.45) is 5.05. The first kappa shape index (κ1) is 14.5. The zero-order valence-electron chi connectivity index (χ0n) is 11.1. The first-order valence-electron chi connectivity index (χ1n) is 6.00. The van der Waals surface area contributed by atoms with Crippen LogP contribution in [0, 0.1) is 0 Å². The number of hydrogen-bond acceptors (Lipinski definition) is 4. The number of hydrogen-bond donors (Lipinski definition) is 2. The Kier molecular flexibility index (Phi) is 6.02. The fourth-order valence-corrected chi connectivity index (χ4v) is 2.52. The summed E-state index contributed by atoms with van der Waals surface area (Å²) in [7, 11) is 1.95. The lowest BCUT2D eigenvalue weighted by Crippen LogP contribution is -2.37. The van der Waals surface area contributed by atoms with Gasteiger partial charge in [0.2, 0.25) is 0 Å². The molecule has 98 valence electrons. The summed E-state index contributed by atoms with van der Waals surface area (Å²) in [4.78, 5) is 0. The Balaban J connectivity index is 2.54. The molecule has 0 bridgehead atoms. The second-order valence-electron chi connectivity index (χ2n) is 4.25. The van der Waals surface area contributed by atoms with E-state index in [9.17, 15) is 5.11 Å².